The molecule has 186 valence electrons. The first kappa shape index (κ1) is 23.6. The first-order chi connectivity index (χ1) is 16.5. The highest BCUT2D eigenvalue weighted by Gasteiger charge is 2.63. The third-order valence-corrected chi connectivity index (χ3v) is 8.47. The van der Waals surface area contributed by atoms with Crippen LogP contribution in [0.5, 0.6) is 6.01 Å². The van der Waals surface area contributed by atoms with Crippen LogP contribution >= 0.6 is 0 Å². The fraction of sp³-hybridized carbons (Fsp3) is 0.760. The van der Waals surface area contributed by atoms with Crippen LogP contribution in [0.15, 0.2) is 17.4 Å². The van der Waals surface area contributed by atoms with Crippen molar-refractivity contribution in [3.8, 4) is 6.01 Å². The molecule has 9 nitrogen and oxygen atoms in total. The molecule has 1 aromatic heterocycles. The Kier molecular flexibility index (Phi) is 6.61. The Morgan fingerprint density at radius 3 is 2.71 bits per heavy atom. The smallest absolute Gasteiger partial charge is 0.317 e. The minimum Gasteiger partial charge on any atom is -0.459 e. The highest BCUT2D eigenvalue weighted by Crippen LogP contribution is 2.56. The first-order valence-corrected chi connectivity index (χ1v) is 12.7. The summed E-state index contributed by atoms with van der Waals surface area (Å²) in [5.74, 6) is -1.36. The van der Waals surface area contributed by atoms with Crippen LogP contribution in [0.1, 0.15) is 70.4 Å². The third kappa shape index (κ3) is 3.91. The van der Waals surface area contributed by atoms with Crippen molar-refractivity contribution >= 4 is 11.5 Å². The van der Waals surface area contributed by atoms with Gasteiger partial charge in [-0.1, -0.05) is 18.0 Å². The fourth-order valence-corrected chi connectivity index (χ4v) is 6.79. The Morgan fingerprint density at radius 1 is 1.21 bits per heavy atom. The number of aromatic nitrogens is 2. The Hall–Kier alpha value is -2.10. The molecule has 2 aliphatic heterocycles. The quantitative estimate of drug-likeness (QED) is 0.396. The van der Waals surface area contributed by atoms with E-state index < -0.39 is 17.1 Å². The van der Waals surface area contributed by atoms with E-state index in [4.69, 9.17) is 14.2 Å². The summed E-state index contributed by atoms with van der Waals surface area (Å²) < 4.78 is 18.4. The number of carbonyl (C=O) groups is 1. The maximum atomic E-state index is 14.1. The van der Waals surface area contributed by atoms with Crippen LogP contribution in [0.2, 0.25) is 0 Å². The van der Waals surface area contributed by atoms with Gasteiger partial charge in [0.25, 0.3) is 0 Å². The predicted molar refractivity (Wildman–Crippen MR) is 124 cm³/mol. The number of Topliss-reactive ketones (excluding diaryl/α,β-unsaturated/α-hetero) is 1. The summed E-state index contributed by atoms with van der Waals surface area (Å²) in [6, 6.07) is 2.23. The number of carbonyl (C=O) groups excluding carboxylic acids is 1. The largest absolute Gasteiger partial charge is 0.459 e. The number of nitrogens with zero attached hydrogens (tertiary/aromatic N) is 4. The number of hydrogen-bond donors (Lipinski definition) is 1. The SMILES string of the molecule is C[C@H](Oc1nccc(/C(=N\O)C2CCC[C@@]3(CCCCC34OCCO4)C2=O)n1)[C@@H]1CCCN1C. The third-order valence-electron chi connectivity index (χ3n) is 8.47. The van der Waals surface area contributed by atoms with E-state index in [-0.39, 0.29) is 23.6 Å². The lowest BCUT2D eigenvalue weighted by molar-refractivity contribution is -0.255. The maximum Gasteiger partial charge on any atom is 0.317 e. The fourth-order valence-electron chi connectivity index (χ4n) is 6.79. The second-order valence-electron chi connectivity index (χ2n) is 10.3. The molecule has 3 heterocycles. The van der Waals surface area contributed by atoms with Crippen LogP contribution < -0.4 is 4.74 Å². The molecule has 9 heteroatoms. The van der Waals surface area contributed by atoms with Crippen molar-refractivity contribution in [3.63, 3.8) is 0 Å². The summed E-state index contributed by atoms with van der Waals surface area (Å²) in [4.78, 5) is 25.2. The number of likely N-dealkylation sites (N-methyl/N-ethyl adjacent to an activating group) is 1. The summed E-state index contributed by atoms with van der Waals surface area (Å²) in [5, 5.41) is 13.6. The Bertz CT molecular complexity index is 930. The van der Waals surface area contributed by atoms with Crippen molar-refractivity contribution in [3.05, 3.63) is 18.0 Å². The topological polar surface area (TPSA) is 106 Å². The zero-order chi connectivity index (χ0) is 23.8. The Labute approximate surface area is 200 Å². The minimum absolute atomic E-state index is 0.0511. The van der Waals surface area contributed by atoms with Crippen LogP contribution in [0.4, 0.5) is 0 Å². The normalized spacial score (nSPS) is 33.0. The summed E-state index contributed by atoms with van der Waals surface area (Å²) in [6.45, 7) is 4.12. The lowest BCUT2D eigenvalue weighted by Gasteiger charge is -2.52. The van der Waals surface area contributed by atoms with Gasteiger partial charge in [-0.05, 0) is 65.1 Å². The highest BCUT2D eigenvalue weighted by molar-refractivity contribution is 6.14. The van der Waals surface area contributed by atoms with Gasteiger partial charge >= 0.3 is 6.01 Å². The molecule has 34 heavy (non-hydrogen) atoms. The molecule has 4 aliphatic rings. The van der Waals surface area contributed by atoms with Crippen molar-refractivity contribution < 1.29 is 24.2 Å². The maximum absolute atomic E-state index is 14.1. The van der Waals surface area contributed by atoms with Gasteiger partial charge in [-0.3, -0.25) is 9.69 Å². The van der Waals surface area contributed by atoms with E-state index >= 15 is 0 Å². The number of ketones is 1. The molecular formula is C25H36N4O5. The number of likely N-dealkylation sites (tertiary alicyclic amines) is 1. The van der Waals surface area contributed by atoms with Gasteiger partial charge in [-0.25, -0.2) is 4.98 Å². The Balaban J connectivity index is 1.39. The van der Waals surface area contributed by atoms with Gasteiger partial charge in [0.05, 0.1) is 30.2 Å². The molecule has 2 aliphatic carbocycles. The van der Waals surface area contributed by atoms with E-state index in [1.165, 1.54) is 0 Å². The van der Waals surface area contributed by atoms with E-state index in [9.17, 15) is 10.0 Å². The van der Waals surface area contributed by atoms with Gasteiger partial charge in [0, 0.05) is 18.7 Å². The molecule has 0 aromatic carbocycles. The summed E-state index contributed by atoms with van der Waals surface area (Å²) in [5.41, 5.74) is 0.00262. The molecule has 2 saturated heterocycles. The number of rotatable bonds is 5. The van der Waals surface area contributed by atoms with Crippen molar-refractivity contribution in [1.82, 2.24) is 14.9 Å². The molecule has 2 saturated carbocycles. The molecule has 4 atom stereocenters. The van der Waals surface area contributed by atoms with Crippen LogP contribution in [0.25, 0.3) is 0 Å². The van der Waals surface area contributed by atoms with Crippen molar-refractivity contribution in [2.24, 2.45) is 16.5 Å². The molecule has 0 bridgehead atoms. The van der Waals surface area contributed by atoms with Gasteiger partial charge in [0.2, 0.25) is 0 Å². The lowest BCUT2D eigenvalue weighted by Crippen LogP contribution is -2.60. The molecular weight excluding hydrogens is 436 g/mol. The van der Waals surface area contributed by atoms with Gasteiger partial charge in [-0.15, -0.1) is 0 Å². The second-order valence-corrected chi connectivity index (χ2v) is 10.3. The number of oxime groups is 1. The average Bonchev–Trinajstić information content (AvgIpc) is 3.49. The molecule has 0 amide bonds. The Morgan fingerprint density at radius 2 is 1.97 bits per heavy atom. The predicted octanol–water partition coefficient (Wildman–Crippen LogP) is 3.19. The molecule has 0 radical (unpaired) electrons. The van der Waals surface area contributed by atoms with E-state index in [0.29, 0.717) is 31.4 Å². The molecule has 5 rings (SSSR count). The van der Waals surface area contributed by atoms with E-state index in [1.54, 1.807) is 12.3 Å². The number of hydrogen-bond acceptors (Lipinski definition) is 9. The van der Waals surface area contributed by atoms with Crippen LogP contribution in [0, 0.1) is 11.3 Å². The summed E-state index contributed by atoms with van der Waals surface area (Å²) in [7, 11) is 2.10. The average molecular weight is 473 g/mol. The molecule has 1 N–H and O–H groups in total. The molecule has 2 spiro atoms. The number of ether oxygens (including phenoxy) is 3. The van der Waals surface area contributed by atoms with Crippen molar-refractivity contribution in [1.29, 1.82) is 0 Å². The van der Waals surface area contributed by atoms with E-state index in [0.717, 1.165) is 57.9 Å². The molecule has 1 aromatic rings. The van der Waals surface area contributed by atoms with Crippen LogP contribution in [0.3, 0.4) is 0 Å². The highest BCUT2D eigenvalue weighted by atomic mass is 16.7. The van der Waals surface area contributed by atoms with E-state index in [1.807, 2.05) is 6.92 Å². The van der Waals surface area contributed by atoms with Gasteiger partial charge in [-0.2, -0.15) is 4.98 Å². The number of fused-ring (bicyclic) bond motifs is 1. The minimum atomic E-state index is -0.843. The van der Waals surface area contributed by atoms with Crippen LogP contribution in [-0.4, -0.2) is 76.3 Å². The van der Waals surface area contributed by atoms with Crippen molar-refractivity contribution in [2.75, 3.05) is 26.8 Å². The summed E-state index contributed by atoms with van der Waals surface area (Å²) in [6.07, 6.45) is 9.37. The second kappa shape index (κ2) is 9.51. The summed E-state index contributed by atoms with van der Waals surface area (Å²) >= 11 is 0. The first-order valence-electron chi connectivity index (χ1n) is 12.7. The molecule has 4 fully saturated rings. The zero-order valence-corrected chi connectivity index (χ0v) is 20.2. The van der Waals surface area contributed by atoms with Gasteiger partial charge in [0.15, 0.2) is 11.6 Å². The lowest BCUT2D eigenvalue weighted by atomic mass is 9.57. The van der Waals surface area contributed by atoms with Gasteiger partial charge < -0.3 is 19.4 Å². The van der Waals surface area contributed by atoms with E-state index in [2.05, 4.69) is 27.1 Å². The monoisotopic (exact) mass is 472 g/mol. The molecule has 1 unspecified atom stereocenters. The zero-order valence-electron chi connectivity index (χ0n) is 20.2. The van der Waals surface area contributed by atoms with Crippen LogP contribution in [-0.2, 0) is 14.3 Å². The van der Waals surface area contributed by atoms with Gasteiger partial charge in [0.1, 0.15) is 11.8 Å². The van der Waals surface area contributed by atoms with Crippen molar-refractivity contribution in [2.45, 2.75) is 82.6 Å². The standard InChI is InChI=1S/C25H36N4O5/c1-17(20-8-6-14-29(20)2)34-23-26-13-9-19(27-23)21(28-31)18-7-5-11-24(22(18)30)10-3-4-12-25(24)32-15-16-33-25/h9,13,17-18,20,31H,3-8,10-12,14-16H2,1-2H3/b28-21-/t17-,18?,20-,24-/m0/s1.